The van der Waals surface area contributed by atoms with Crippen molar-refractivity contribution in [3.8, 4) is 0 Å². The van der Waals surface area contributed by atoms with E-state index in [1.165, 1.54) is 17.6 Å². The molecule has 0 amide bonds. The van der Waals surface area contributed by atoms with Gasteiger partial charge in [-0.1, -0.05) is 0 Å². The van der Waals surface area contributed by atoms with Gasteiger partial charge in [-0.25, -0.2) is 4.98 Å². The maximum atomic E-state index is 10.4. The molecular formula is C16H19N4O+. The highest BCUT2D eigenvalue weighted by Gasteiger charge is 2.37. The Balaban J connectivity index is 1.70. The van der Waals surface area contributed by atoms with Crippen molar-refractivity contribution in [3.63, 3.8) is 0 Å². The minimum absolute atomic E-state index is 0.0564. The second-order valence-corrected chi connectivity index (χ2v) is 5.81. The van der Waals surface area contributed by atoms with Crippen LogP contribution >= 0.6 is 0 Å². The van der Waals surface area contributed by atoms with Crippen LogP contribution in [0.4, 0.5) is 5.82 Å². The zero-order valence-corrected chi connectivity index (χ0v) is 11.9. The van der Waals surface area contributed by atoms with Crippen LogP contribution in [-0.2, 0) is 0 Å². The van der Waals surface area contributed by atoms with Crippen molar-refractivity contribution in [1.29, 1.82) is 0 Å². The lowest BCUT2D eigenvalue weighted by molar-refractivity contribution is -0.790. The van der Waals surface area contributed by atoms with Crippen molar-refractivity contribution < 1.29 is 9.95 Å². The largest absolute Gasteiger partial charge is 0.357 e. The second-order valence-electron chi connectivity index (χ2n) is 5.81. The fourth-order valence-electron chi connectivity index (χ4n) is 3.32. The maximum absolute atomic E-state index is 10.4. The summed E-state index contributed by atoms with van der Waals surface area (Å²) in [7, 11) is 0. The number of pyridine rings is 1. The van der Waals surface area contributed by atoms with Gasteiger partial charge in [0.15, 0.2) is 0 Å². The van der Waals surface area contributed by atoms with E-state index in [0.29, 0.717) is 0 Å². The van der Waals surface area contributed by atoms with Gasteiger partial charge in [-0.15, -0.1) is 0 Å². The van der Waals surface area contributed by atoms with Crippen LogP contribution in [0.3, 0.4) is 0 Å². The van der Waals surface area contributed by atoms with Gasteiger partial charge < -0.3 is 4.90 Å². The summed E-state index contributed by atoms with van der Waals surface area (Å²) in [5.41, 5.74) is 2.97. The highest BCUT2D eigenvalue weighted by molar-refractivity contribution is 6.10. The van der Waals surface area contributed by atoms with E-state index in [-0.39, 0.29) is 6.04 Å². The molecule has 1 fully saturated rings. The summed E-state index contributed by atoms with van der Waals surface area (Å²) >= 11 is 0. The molecule has 1 saturated heterocycles. The zero-order chi connectivity index (χ0) is 14.2. The Morgan fingerprint density at radius 1 is 1.29 bits per heavy atom. The number of allylic oxidation sites excluding steroid dienone is 1. The van der Waals surface area contributed by atoms with Crippen molar-refractivity contribution in [2.24, 2.45) is 4.99 Å². The van der Waals surface area contributed by atoms with Crippen LogP contribution in [0.5, 0.6) is 0 Å². The monoisotopic (exact) mass is 283 g/mol. The highest BCUT2D eigenvalue weighted by atomic mass is 16.5. The first-order chi connectivity index (χ1) is 10.3. The Hall–Kier alpha value is -2.17. The van der Waals surface area contributed by atoms with E-state index in [0.717, 1.165) is 48.7 Å². The summed E-state index contributed by atoms with van der Waals surface area (Å²) in [6.07, 6.45) is 9.09. The lowest BCUT2D eigenvalue weighted by atomic mass is 10.0. The van der Waals surface area contributed by atoms with Crippen LogP contribution in [0.2, 0.25) is 0 Å². The van der Waals surface area contributed by atoms with E-state index in [9.17, 15) is 5.21 Å². The van der Waals surface area contributed by atoms with E-state index in [1.807, 2.05) is 24.6 Å². The van der Waals surface area contributed by atoms with Gasteiger partial charge in [0.05, 0.1) is 5.56 Å². The van der Waals surface area contributed by atoms with Gasteiger partial charge in [0, 0.05) is 50.1 Å². The van der Waals surface area contributed by atoms with Crippen molar-refractivity contribution in [3.05, 3.63) is 35.5 Å². The van der Waals surface area contributed by atoms with Crippen LogP contribution in [-0.4, -0.2) is 52.5 Å². The molecule has 0 spiro atoms. The summed E-state index contributed by atoms with van der Waals surface area (Å²) < 4.78 is 1.39. The predicted octanol–water partition coefficient (Wildman–Crippen LogP) is 1.66. The van der Waals surface area contributed by atoms with Crippen LogP contribution in [0, 0.1) is 0 Å². The molecule has 1 aromatic rings. The Kier molecular flexibility index (Phi) is 2.98. The average Bonchev–Trinajstić information content (AvgIpc) is 3.16. The SMILES string of the molecule is O[N+]1=C(c2ccnc(N3CCCC3)c2)C=C2C=NCCC21. The third-order valence-electron chi connectivity index (χ3n) is 4.47. The summed E-state index contributed by atoms with van der Waals surface area (Å²) in [6.45, 7) is 2.93. The molecule has 1 aromatic heterocycles. The number of anilines is 1. The van der Waals surface area contributed by atoms with E-state index in [1.54, 1.807) is 0 Å². The minimum atomic E-state index is 0.0564. The van der Waals surface area contributed by atoms with Crippen molar-refractivity contribution in [2.75, 3.05) is 24.5 Å². The van der Waals surface area contributed by atoms with E-state index in [4.69, 9.17) is 0 Å². The fourth-order valence-corrected chi connectivity index (χ4v) is 3.32. The van der Waals surface area contributed by atoms with Crippen LogP contribution in [0.15, 0.2) is 35.0 Å². The van der Waals surface area contributed by atoms with Gasteiger partial charge in [0.25, 0.3) is 5.71 Å². The summed E-state index contributed by atoms with van der Waals surface area (Å²) in [5.74, 6) is 1.01. The standard InChI is InChI=1S/C16H19N4O/c21-20-14-4-5-17-11-13(14)9-15(20)12-3-6-18-16(10-12)19-7-1-2-8-19/h3,6,9-11,14,21H,1-2,4-5,7-8H2/q+1. The van der Waals surface area contributed by atoms with Crippen molar-refractivity contribution in [2.45, 2.75) is 25.3 Å². The summed E-state index contributed by atoms with van der Waals surface area (Å²) in [5, 5.41) is 10.4. The summed E-state index contributed by atoms with van der Waals surface area (Å²) in [4.78, 5) is 11.1. The number of aliphatic imine (C=N–C) groups is 1. The molecule has 0 aromatic carbocycles. The van der Waals surface area contributed by atoms with Gasteiger partial charge >= 0.3 is 0 Å². The number of hydrogen-bond acceptors (Lipinski definition) is 4. The number of nitrogens with zero attached hydrogens (tertiary/aromatic N) is 4. The van der Waals surface area contributed by atoms with E-state index >= 15 is 0 Å². The molecule has 4 heterocycles. The zero-order valence-electron chi connectivity index (χ0n) is 11.9. The van der Waals surface area contributed by atoms with Crippen LogP contribution < -0.4 is 4.90 Å². The third-order valence-corrected chi connectivity index (χ3v) is 4.47. The van der Waals surface area contributed by atoms with Gasteiger partial charge in [-0.2, -0.15) is 0 Å². The average molecular weight is 283 g/mol. The van der Waals surface area contributed by atoms with Crippen LogP contribution in [0.1, 0.15) is 24.8 Å². The molecule has 0 saturated carbocycles. The quantitative estimate of drug-likeness (QED) is 0.663. The van der Waals surface area contributed by atoms with E-state index in [2.05, 4.69) is 20.9 Å². The molecule has 21 heavy (non-hydrogen) atoms. The molecule has 1 atom stereocenters. The molecule has 4 rings (SSSR count). The lowest BCUT2D eigenvalue weighted by Gasteiger charge is -2.16. The molecular weight excluding hydrogens is 264 g/mol. The molecule has 0 aliphatic carbocycles. The first kappa shape index (κ1) is 12.6. The van der Waals surface area contributed by atoms with Crippen molar-refractivity contribution in [1.82, 2.24) is 4.98 Å². The molecule has 5 nitrogen and oxygen atoms in total. The predicted molar refractivity (Wildman–Crippen MR) is 81.7 cm³/mol. The second kappa shape index (κ2) is 4.98. The number of hydroxylamine groups is 1. The van der Waals surface area contributed by atoms with Crippen LogP contribution in [0.25, 0.3) is 0 Å². The molecule has 3 aliphatic heterocycles. The molecule has 0 bridgehead atoms. The Bertz CT molecular complexity index is 656. The smallest absolute Gasteiger partial charge is 0.259 e. The third kappa shape index (κ3) is 2.13. The van der Waals surface area contributed by atoms with Gasteiger partial charge in [-0.05, 0) is 29.7 Å². The first-order valence-corrected chi connectivity index (χ1v) is 7.61. The number of rotatable bonds is 2. The number of fused-ring (bicyclic) bond motifs is 1. The lowest BCUT2D eigenvalue weighted by Crippen LogP contribution is -2.28. The molecule has 3 aliphatic rings. The minimum Gasteiger partial charge on any atom is -0.357 e. The fraction of sp³-hybridized carbons (Fsp3) is 0.438. The Morgan fingerprint density at radius 2 is 2.14 bits per heavy atom. The Morgan fingerprint density at radius 3 is 2.95 bits per heavy atom. The Labute approximate surface area is 123 Å². The molecule has 0 radical (unpaired) electrons. The number of hydrogen-bond donors (Lipinski definition) is 1. The topological polar surface area (TPSA) is 51.7 Å². The van der Waals surface area contributed by atoms with E-state index < -0.39 is 0 Å². The van der Waals surface area contributed by atoms with Gasteiger partial charge in [0.1, 0.15) is 5.82 Å². The molecule has 108 valence electrons. The number of aromatic nitrogens is 1. The highest BCUT2D eigenvalue weighted by Crippen LogP contribution is 2.24. The maximum Gasteiger partial charge on any atom is 0.259 e. The first-order valence-electron chi connectivity index (χ1n) is 7.61. The molecule has 1 unspecified atom stereocenters. The summed E-state index contributed by atoms with van der Waals surface area (Å²) in [6, 6.07) is 4.10. The normalized spacial score (nSPS) is 24.5. The van der Waals surface area contributed by atoms with Gasteiger partial charge in [-0.3, -0.25) is 10.2 Å². The molecule has 1 N–H and O–H groups in total. The molecule has 5 heteroatoms. The van der Waals surface area contributed by atoms with Crippen molar-refractivity contribution >= 4 is 17.7 Å². The van der Waals surface area contributed by atoms with Gasteiger partial charge in [0.2, 0.25) is 6.04 Å².